The number of aryl methyl sites for hydroxylation is 1. The number of fused-ring (bicyclic) bond motifs is 1. The van der Waals surface area contributed by atoms with Crippen molar-refractivity contribution < 1.29 is 4.74 Å². The fourth-order valence-electron chi connectivity index (χ4n) is 2.65. The van der Waals surface area contributed by atoms with E-state index in [2.05, 4.69) is 10.6 Å². The minimum Gasteiger partial charge on any atom is -0.495 e. The monoisotopic (exact) mass is 296 g/mol. The van der Waals surface area contributed by atoms with Crippen molar-refractivity contribution in [2.45, 2.75) is 13.0 Å². The third kappa shape index (κ3) is 2.51. The highest BCUT2D eigenvalue weighted by Crippen LogP contribution is 2.30. The van der Waals surface area contributed by atoms with Gasteiger partial charge in [-0.25, -0.2) is 4.98 Å². The van der Waals surface area contributed by atoms with Crippen molar-refractivity contribution in [2.24, 2.45) is 5.73 Å². The molecule has 1 aromatic heterocycles. The Balaban J connectivity index is 2.14. The molecule has 3 aromatic rings. The molecule has 0 spiro atoms. The van der Waals surface area contributed by atoms with Gasteiger partial charge in [0.25, 0.3) is 0 Å². The highest BCUT2D eigenvalue weighted by molar-refractivity contribution is 5.81. The summed E-state index contributed by atoms with van der Waals surface area (Å²) in [6.07, 6.45) is 0.902. The van der Waals surface area contributed by atoms with Crippen LogP contribution in [0.2, 0.25) is 0 Å². The number of ether oxygens (including phenoxy) is 1. The van der Waals surface area contributed by atoms with Crippen LogP contribution in [0.3, 0.4) is 0 Å². The fraction of sp³-hybridized carbons (Fsp3) is 0.235. The molecule has 0 amide bonds. The van der Waals surface area contributed by atoms with Gasteiger partial charge in [0.15, 0.2) is 0 Å². The zero-order valence-electron chi connectivity index (χ0n) is 12.6. The topological polar surface area (TPSA) is 79.1 Å². The van der Waals surface area contributed by atoms with Gasteiger partial charge in [-0.05, 0) is 43.3 Å². The minimum absolute atomic E-state index is 0.609. The van der Waals surface area contributed by atoms with Crippen molar-refractivity contribution in [3.8, 4) is 17.1 Å². The maximum absolute atomic E-state index is 6.03. The van der Waals surface area contributed by atoms with Crippen molar-refractivity contribution in [1.29, 1.82) is 0 Å². The Morgan fingerprint density at radius 2 is 2.00 bits per heavy atom. The summed E-state index contributed by atoms with van der Waals surface area (Å²) in [7, 11) is 1.61. The highest BCUT2D eigenvalue weighted by Gasteiger charge is 2.13. The molecule has 0 fully saturated rings. The number of aromatic nitrogens is 2. The first kappa shape index (κ1) is 14.4. The Hall–Kier alpha value is -2.53. The van der Waals surface area contributed by atoms with Gasteiger partial charge >= 0.3 is 0 Å². The average Bonchev–Trinajstić information content (AvgIpc) is 2.91. The largest absolute Gasteiger partial charge is 0.495 e. The second kappa shape index (κ2) is 6.07. The van der Waals surface area contributed by atoms with Crippen molar-refractivity contribution in [3.05, 3.63) is 42.5 Å². The van der Waals surface area contributed by atoms with Crippen LogP contribution in [0.25, 0.3) is 22.4 Å². The molecule has 0 bridgehead atoms. The SMILES string of the molecule is COc1ccc(-c2nc3ccccc3n2CCCN)cc1N. The molecule has 22 heavy (non-hydrogen) atoms. The molecule has 2 aromatic carbocycles. The van der Waals surface area contributed by atoms with Gasteiger partial charge in [0.2, 0.25) is 0 Å². The predicted octanol–water partition coefficient (Wildman–Crippen LogP) is 2.64. The molecule has 4 N–H and O–H groups in total. The smallest absolute Gasteiger partial charge is 0.141 e. The first-order valence-electron chi connectivity index (χ1n) is 7.34. The number of hydrogen-bond acceptors (Lipinski definition) is 4. The van der Waals surface area contributed by atoms with Crippen LogP contribution in [-0.2, 0) is 6.54 Å². The number of nitrogen functional groups attached to an aromatic ring is 1. The van der Waals surface area contributed by atoms with E-state index in [1.54, 1.807) is 7.11 Å². The molecule has 1 heterocycles. The third-order valence-electron chi connectivity index (χ3n) is 3.73. The molecule has 0 radical (unpaired) electrons. The number of methoxy groups -OCH3 is 1. The number of anilines is 1. The number of hydrogen-bond donors (Lipinski definition) is 2. The van der Waals surface area contributed by atoms with E-state index in [1.807, 2.05) is 36.4 Å². The zero-order valence-corrected chi connectivity index (χ0v) is 12.6. The Labute approximate surface area is 129 Å². The quantitative estimate of drug-likeness (QED) is 0.709. The van der Waals surface area contributed by atoms with E-state index in [9.17, 15) is 0 Å². The summed E-state index contributed by atoms with van der Waals surface area (Å²) in [4.78, 5) is 4.76. The standard InChI is InChI=1S/C17H20N4O/c1-22-16-8-7-12(11-13(16)19)17-20-14-5-2-3-6-15(14)21(17)10-4-9-18/h2-3,5-8,11H,4,9-10,18-19H2,1H3. The van der Waals surface area contributed by atoms with Gasteiger partial charge in [0.05, 0.1) is 23.8 Å². The predicted molar refractivity (Wildman–Crippen MR) is 89.8 cm³/mol. The average molecular weight is 296 g/mol. The van der Waals surface area contributed by atoms with E-state index < -0.39 is 0 Å². The lowest BCUT2D eigenvalue weighted by molar-refractivity contribution is 0.417. The third-order valence-corrected chi connectivity index (χ3v) is 3.73. The van der Waals surface area contributed by atoms with Gasteiger partial charge in [-0.1, -0.05) is 12.1 Å². The summed E-state index contributed by atoms with van der Waals surface area (Å²) in [6, 6.07) is 13.9. The number of benzene rings is 2. The number of rotatable bonds is 5. The second-order valence-electron chi connectivity index (χ2n) is 5.17. The van der Waals surface area contributed by atoms with Crippen LogP contribution in [0.15, 0.2) is 42.5 Å². The van der Waals surface area contributed by atoms with Gasteiger partial charge < -0.3 is 20.8 Å². The molecule has 5 heteroatoms. The second-order valence-corrected chi connectivity index (χ2v) is 5.17. The lowest BCUT2D eigenvalue weighted by Gasteiger charge is -2.10. The number of para-hydroxylation sites is 2. The van der Waals surface area contributed by atoms with Gasteiger partial charge in [-0.3, -0.25) is 0 Å². The lowest BCUT2D eigenvalue weighted by atomic mass is 10.1. The maximum atomic E-state index is 6.03. The van der Waals surface area contributed by atoms with Crippen LogP contribution in [0.5, 0.6) is 5.75 Å². The molecule has 0 saturated carbocycles. The molecule has 0 aliphatic carbocycles. The summed E-state index contributed by atoms with van der Waals surface area (Å²) in [5.74, 6) is 1.58. The van der Waals surface area contributed by atoms with Crippen molar-refractivity contribution in [3.63, 3.8) is 0 Å². The summed E-state index contributed by atoms with van der Waals surface area (Å²) in [5.41, 5.74) is 15.4. The van der Waals surface area contributed by atoms with Crippen LogP contribution in [-0.4, -0.2) is 23.2 Å². The summed E-state index contributed by atoms with van der Waals surface area (Å²) >= 11 is 0. The highest BCUT2D eigenvalue weighted by atomic mass is 16.5. The Bertz CT molecular complexity index is 794. The molecule has 0 aliphatic heterocycles. The summed E-state index contributed by atoms with van der Waals surface area (Å²) < 4.78 is 7.42. The van der Waals surface area contributed by atoms with Crippen LogP contribution >= 0.6 is 0 Å². The molecule has 0 aliphatic rings. The van der Waals surface area contributed by atoms with E-state index in [0.29, 0.717) is 18.0 Å². The van der Waals surface area contributed by atoms with Crippen molar-refractivity contribution in [2.75, 3.05) is 19.4 Å². The van der Waals surface area contributed by atoms with E-state index in [0.717, 1.165) is 35.4 Å². The first-order chi connectivity index (χ1) is 10.7. The van der Waals surface area contributed by atoms with E-state index in [-0.39, 0.29) is 0 Å². The fourth-order valence-corrected chi connectivity index (χ4v) is 2.65. The number of nitrogens with zero attached hydrogens (tertiary/aromatic N) is 2. The lowest BCUT2D eigenvalue weighted by Crippen LogP contribution is -2.07. The van der Waals surface area contributed by atoms with E-state index in [4.69, 9.17) is 21.2 Å². The zero-order chi connectivity index (χ0) is 15.5. The molecular weight excluding hydrogens is 276 g/mol. The van der Waals surface area contributed by atoms with E-state index in [1.165, 1.54) is 0 Å². The molecule has 3 rings (SSSR count). The number of nitrogens with two attached hydrogens (primary N) is 2. The molecular formula is C17H20N4O. The van der Waals surface area contributed by atoms with Crippen LogP contribution in [0.4, 0.5) is 5.69 Å². The summed E-state index contributed by atoms with van der Waals surface area (Å²) in [6.45, 7) is 1.48. The van der Waals surface area contributed by atoms with Gasteiger partial charge in [-0.15, -0.1) is 0 Å². The molecule has 5 nitrogen and oxygen atoms in total. The van der Waals surface area contributed by atoms with Gasteiger partial charge in [0.1, 0.15) is 11.6 Å². The summed E-state index contributed by atoms with van der Waals surface area (Å²) in [5, 5.41) is 0. The Morgan fingerprint density at radius 1 is 1.18 bits per heavy atom. The minimum atomic E-state index is 0.609. The normalized spacial score (nSPS) is 11.0. The van der Waals surface area contributed by atoms with Crippen molar-refractivity contribution in [1.82, 2.24) is 9.55 Å². The Kier molecular flexibility index (Phi) is 3.98. The van der Waals surface area contributed by atoms with Gasteiger partial charge in [-0.2, -0.15) is 0 Å². The van der Waals surface area contributed by atoms with Crippen LogP contribution in [0, 0.1) is 0 Å². The molecule has 0 atom stereocenters. The first-order valence-corrected chi connectivity index (χ1v) is 7.34. The molecule has 0 unspecified atom stereocenters. The van der Waals surface area contributed by atoms with E-state index >= 15 is 0 Å². The number of imidazole rings is 1. The van der Waals surface area contributed by atoms with Crippen molar-refractivity contribution >= 4 is 16.7 Å². The van der Waals surface area contributed by atoms with Gasteiger partial charge in [0, 0.05) is 12.1 Å². The maximum Gasteiger partial charge on any atom is 0.141 e. The van der Waals surface area contributed by atoms with Crippen LogP contribution < -0.4 is 16.2 Å². The Morgan fingerprint density at radius 3 is 2.73 bits per heavy atom. The molecule has 114 valence electrons. The van der Waals surface area contributed by atoms with Crippen LogP contribution in [0.1, 0.15) is 6.42 Å². The molecule has 0 saturated heterocycles.